The molecule has 1 fully saturated rings. The summed E-state index contributed by atoms with van der Waals surface area (Å²) in [5, 5.41) is 9.42. The molecule has 0 amide bonds. The molecular formula is C13H16ClNO4S. The van der Waals surface area contributed by atoms with Crippen LogP contribution in [0.5, 0.6) is 0 Å². The van der Waals surface area contributed by atoms with Crippen molar-refractivity contribution in [3.8, 4) is 0 Å². The standard InChI is InChI=1S/C13H16ClNO4S/c1-9-5-6-10(13(16)17)8-15(9)20(18,19)12-4-2-3-11(14)7-12/h2-4,7,9-10H,5-6,8H2,1H3,(H,16,17). The van der Waals surface area contributed by atoms with Gasteiger partial charge in [-0.15, -0.1) is 0 Å². The third kappa shape index (κ3) is 2.97. The van der Waals surface area contributed by atoms with Crippen molar-refractivity contribution in [2.24, 2.45) is 5.92 Å². The molecule has 5 nitrogen and oxygen atoms in total. The lowest BCUT2D eigenvalue weighted by atomic mass is 9.96. The second-order valence-corrected chi connectivity index (χ2v) is 7.32. The number of hydrogen-bond acceptors (Lipinski definition) is 3. The van der Waals surface area contributed by atoms with E-state index in [1.165, 1.54) is 16.4 Å². The first kappa shape index (κ1) is 15.3. The SMILES string of the molecule is CC1CCC(C(=O)O)CN1S(=O)(=O)c1cccc(Cl)c1. The van der Waals surface area contributed by atoms with Gasteiger partial charge < -0.3 is 5.11 Å². The fraction of sp³-hybridized carbons (Fsp3) is 0.462. The minimum Gasteiger partial charge on any atom is -0.481 e. The van der Waals surface area contributed by atoms with Crippen LogP contribution in [-0.2, 0) is 14.8 Å². The first-order valence-corrected chi connectivity index (χ1v) is 8.14. The Morgan fingerprint density at radius 2 is 2.10 bits per heavy atom. The highest BCUT2D eigenvalue weighted by molar-refractivity contribution is 7.89. The molecule has 2 unspecified atom stereocenters. The van der Waals surface area contributed by atoms with Crippen LogP contribution in [0.2, 0.25) is 5.02 Å². The van der Waals surface area contributed by atoms with Gasteiger partial charge in [-0.3, -0.25) is 4.79 Å². The summed E-state index contributed by atoms with van der Waals surface area (Å²) in [4.78, 5) is 11.2. The van der Waals surface area contributed by atoms with Crippen LogP contribution in [0.3, 0.4) is 0 Å². The zero-order chi connectivity index (χ0) is 14.9. The molecule has 20 heavy (non-hydrogen) atoms. The summed E-state index contributed by atoms with van der Waals surface area (Å²) < 4.78 is 26.4. The fourth-order valence-electron chi connectivity index (χ4n) is 2.37. The van der Waals surface area contributed by atoms with Crippen molar-refractivity contribution in [3.05, 3.63) is 29.3 Å². The molecule has 0 spiro atoms. The van der Waals surface area contributed by atoms with Crippen LogP contribution in [-0.4, -0.2) is 36.4 Å². The number of halogens is 1. The van der Waals surface area contributed by atoms with Gasteiger partial charge in [0.1, 0.15) is 0 Å². The minimum absolute atomic E-state index is 0.00530. The average Bonchev–Trinajstić information content (AvgIpc) is 2.38. The van der Waals surface area contributed by atoms with Gasteiger partial charge >= 0.3 is 5.97 Å². The van der Waals surface area contributed by atoms with E-state index in [0.717, 1.165) is 0 Å². The summed E-state index contributed by atoms with van der Waals surface area (Å²) in [7, 11) is -3.71. The van der Waals surface area contributed by atoms with Crippen molar-refractivity contribution in [1.82, 2.24) is 4.31 Å². The molecule has 0 aromatic heterocycles. The molecule has 1 aromatic rings. The molecule has 0 radical (unpaired) electrons. The van der Waals surface area contributed by atoms with E-state index in [2.05, 4.69) is 0 Å². The van der Waals surface area contributed by atoms with Gasteiger partial charge in [0.25, 0.3) is 0 Å². The summed E-state index contributed by atoms with van der Waals surface area (Å²) in [6.45, 7) is 1.80. The number of carboxylic acids is 1. The number of piperidine rings is 1. The molecule has 1 aliphatic heterocycles. The van der Waals surface area contributed by atoms with E-state index in [1.54, 1.807) is 19.1 Å². The zero-order valence-electron chi connectivity index (χ0n) is 11.0. The van der Waals surface area contributed by atoms with Gasteiger partial charge in [-0.05, 0) is 38.0 Å². The summed E-state index contributed by atoms with van der Waals surface area (Å²) in [6.07, 6.45) is 1.04. The molecule has 1 N–H and O–H groups in total. The van der Waals surface area contributed by atoms with E-state index in [9.17, 15) is 13.2 Å². The highest BCUT2D eigenvalue weighted by atomic mass is 35.5. The predicted molar refractivity (Wildman–Crippen MR) is 75.2 cm³/mol. The van der Waals surface area contributed by atoms with E-state index in [4.69, 9.17) is 16.7 Å². The Morgan fingerprint density at radius 3 is 2.70 bits per heavy atom. The second kappa shape index (κ2) is 5.71. The first-order valence-electron chi connectivity index (χ1n) is 6.32. The van der Waals surface area contributed by atoms with Gasteiger partial charge in [0.05, 0.1) is 10.8 Å². The van der Waals surface area contributed by atoms with Gasteiger partial charge in [0, 0.05) is 17.6 Å². The van der Waals surface area contributed by atoms with Crippen LogP contribution < -0.4 is 0 Å². The van der Waals surface area contributed by atoms with Crippen molar-refractivity contribution in [2.45, 2.75) is 30.7 Å². The highest BCUT2D eigenvalue weighted by Gasteiger charge is 2.37. The number of sulfonamides is 1. The fourth-order valence-corrected chi connectivity index (χ4v) is 4.38. The lowest BCUT2D eigenvalue weighted by Crippen LogP contribution is -2.47. The maximum absolute atomic E-state index is 12.6. The van der Waals surface area contributed by atoms with Crippen LogP contribution in [0.25, 0.3) is 0 Å². The number of aliphatic carboxylic acids is 1. The van der Waals surface area contributed by atoms with E-state index in [1.807, 2.05) is 0 Å². The Balaban J connectivity index is 2.34. The van der Waals surface area contributed by atoms with Crippen molar-refractivity contribution < 1.29 is 18.3 Å². The van der Waals surface area contributed by atoms with Crippen LogP contribution in [0.1, 0.15) is 19.8 Å². The first-order chi connectivity index (χ1) is 9.32. The van der Waals surface area contributed by atoms with Crippen molar-refractivity contribution in [1.29, 1.82) is 0 Å². The van der Waals surface area contributed by atoms with E-state index < -0.39 is 21.9 Å². The van der Waals surface area contributed by atoms with Crippen LogP contribution in [0, 0.1) is 5.92 Å². The number of carboxylic acid groups (broad SMARTS) is 1. The summed E-state index contributed by atoms with van der Waals surface area (Å²) >= 11 is 5.83. The Bertz CT molecular complexity index is 617. The van der Waals surface area contributed by atoms with Crippen LogP contribution >= 0.6 is 11.6 Å². The number of carbonyl (C=O) groups is 1. The Labute approximate surface area is 123 Å². The maximum Gasteiger partial charge on any atom is 0.307 e. The molecule has 0 bridgehead atoms. The average molecular weight is 318 g/mol. The Hall–Kier alpha value is -1.11. The largest absolute Gasteiger partial charge is 0.481 e. The molecule has 2 rings (SSSR count). The molecule has 7 heteroatoms. The lowest BCUT2D eigenvalue weighted by molar-refractivity contribution is -0.143. The molecule has 1 heterocycles. The molecule has 1 saturated heterocycles. The van der Waals surface area contributed by atoms with Gasteiger partial charge in [0.2, 0.25) is 10.0 Å². The van der Waals surface area contributed by atoms with E-state index in [0.29, 0.717) is 17.9 Å². The molecule has 110 valence electrons. The number of benzene rings is 1. The molecule has 0 saturated carbocycles. The minimum atomic E-state index is -3.71. The molecular weight excluding hydrogens is 302 g/mol. The van der Waals surface area contributed by atoms with Crippen LogP contribution in [0.4, 0.5) is 0 Å². The topological polar surface area (TPSA) is 74.7 Å². The molecule has 1 aliphatic rings. The second-order valence-electron chi connectivity index (χ2n) is 4.99. The molecule has 2 atom stereocenters. The quantitative estimate of drug-likeness (QED) is 0.927. The van der Waals surface area contributed by atoms with E-state index in [-0.39, 0.29) is 17.5 Å². The summed E-state index contributed by atoms with van der Waals surface area (Å²) in [5.74, 6) is -1.61. The van der Waals surface area contributed by atoms with Crippen LogP contribution in [0.15, 0.2) is 29.2 Å². The van der Waals surface area contributed by atoms with Gasteiger partial charge in [0.15, 0.2) is 0 Å². The van der Waals surface area contributed by atoms with Gasteiger partial charge in [-0.25, -0.2) is 8.42 Å². The normalized spacial score (nSPS) is 24.5. The van der Waals surface area contributed by atoms with Gasteiger partial charge in [-0.1, -0.05) is 17.7 Å². The third-order valence-corrected chi connectivity index (χ3v) is 5.79. The molecule has 0 aliphatic carbocycles. The van der Waals surface area contributed by atoms with Crippen molar-refractivity contribution in [2.75, 3.05) is 6.54 Å². The van der Waals surface area contributed by atoms with Crippen molar-refractivity contribution in [3.63, 3.8) is 0 Å². The predicted octanol–water partition coefficient (Wildman–Crippen LogP) is 2.21. The maximum atomic E-state index is 12.6. The smallest absolute Gasteiger partial charge is 0.307 e. The zero-order valence-corrected chi connectivity index (χ0v) is 12.6. The Kier molecular flexibility index (Phi) is 4.36. The van der Waals surface area contributed by atoms with Gasteiger partial charge in [-0.2, -0.15) is 4.31 Å². The summed E-state index contributed by atoms with van der Waals surface area (Å²) in [6, 6.07) is 5.81. The van der Waals surface area contributed by atoms with Crippen molar-refractivity contribution >= 4 is 27.6 Å². The molecule has 1 aromatic carbocycles. The number of hydrogen-bond donors (Lipinski definition) is 1. The highest BCUT2D eigenvalue weighted by Crippen LogP contribution is 2.29. The monoisotopic (exact) mass is 317 g/mol. The number of nitrogens with zero attached hydrogens (tertiary/aromatic N) is 1. The number of rotatable bonds is 3. The third-order valence-electron chi connectivity index (χ3n) is 3.58. The van der Waals surface area contributed by atoms with E-state index >= 15 is 0 Å². The lowest BCUT2D eigenvalue weighted by Gasteiger charge is -2.35. The Morgan fingerprint density at radius 1 is 1.40 bits per heavy atom. The summed E-state index contributed by atoms with van der Waals surface area (Å²) in [5.41, 5.74) is 0.